The Morgan fingerprint density at radius 1 is 1.38 bits per heavy atom. The molecule has 82 valence electrons. The molecule has 0 saturated carbocycles. The highest BCUT2D eigenvalue weighted by Gasteiger charge is 2.06. The van der Waals surface area contributed by atoms with E-state index in [4.69, 9.17) is 5.73 Å². The fourth-order valence-electron chi connectivity index (χ4n) is 1.53. The quantitative estimate of drug-likeness (QED) is 0.825. The Labute approximate surface area is 93.7 Å². The van der Waals surface area contributed by atoms with Gasteiger partial charge in [0.1, 0.15) is 0 Å². The van der Waals surface area contributed by atoms with E-state index >= 15 is 0 Å². The maximum absolute atomic E-state index is 11.1. The third kappa shape index (κ3) is 1.82. The molecule has 0 spiro atoms. The van der Waals surface area contributed by atoms with Crippen molar-refractivity contribution < 1.29 is 4.79 Å². The number of aryl methyl sites for hydroxylation is 2. The van der Waals surface area contributed by atoms with Gasteiger partial charge in [-0.3, -0.25) is 9.48 Å². The van der Waals surface area contributed by atoms with Gasteiger partial charge in [0.2, 0.25) is 5.91 Å². The molecule has 0 saturated heterocycles. The summed E-state index contributed by atoms with van der Waals surface area (Å²) in [6, 6.07) is 9.14. The zero-order valence-corrected chi connectivity index (χ0v) is 9.27. The van der Waals surface area contributed by atoms with Crippen LogP contribution >= 0.6 is 0 Å². The largest absolute Gasteiger partial charge is 0.366 e. The summed E-state index contributed by atoms with van der Waals surface area (Å²) in [5.74, 6) is -0.422. The van der Waals surface area contributed by atoms with Gasteiger partial charge in [-0.2, -0.15) is 5.10 Å². The number of carbonyl (C=O) groups is 1. The first kappa shape index (κ1) is 10.4. The topological polar surface area (TPSA) is 60.9 Å². The number of rotatable bonds is 2. The van der Waals surface area contributed by atoms with E-state index in [0.717, 1.165) is 17.0 Å². The average Bonchev–Trinajstić information content (AvgIpc) is 2.59. The molecule has 0 radical (unpaired) electrons. The molecular weight excluding hydrogens is 202 g/mol. The van der Waals surface area contributed by atoms with Crippen LogP contribution in [0.2, 0.25) is 0 Å². The Hall–Kier alpha value is -2.10. The summed E-state index contributed by atoms with van der Waals surface area (Å²) in [4.78, 5) is 11.1. The van der Waals surface area contributed by atoms with Crippen molar-refractivity contribution in [3.8, 4) is 11.3 Å². The normalized spacial score (nSPS) is 10.4. The van der Waals surface area contributed by atoms with Gasteiger partial charge in [0.15, 0.2) is 0 Å². The molecule has 4 nitrogen and oxygen atoms in total. The van der Waals surface area contributed by atoms with Gasteiger partial charge in [0, 0.05) is 23.9 Å². The van der Waals surface area contributed by atoms with Crippen molar-refractivity contribution in [1.29, 1.82) is 0 Å². The van der Waals surface area contributed by atoms with Gasteiger partial charge in [-0.25, -0.2) is 0 Å². The second-order valence-corrected chi connectivity index (χ2v) is 3.74. The van der Waals surface area contributed by atoms with E-state index in [1.807, 2.05) is 26.1 Å². The average molecular weight is 215 g/mol. The van der Waals surface area contributed by atoms with E-state index in [9.17, 15) is 4.79 Å². The molecule has 1 amide bonds. The molecule has 1 aromatic carbocycles. The van der Waals surface area contributed by atoms with Crippen molar-refractivity contribution in [2.45, 2.75) is 6.92 Å². The molecular formula is C12H13N3O. The highest BCUT2D eigenvalue weighted by Crippen LogP contribution is 2.19. The van der Waals surface area contributed by atoms with Crippen LogP contribution in [0, 0.1) is 6.92 Å². The minimum Gasteiger partial charge on any atom is -0.366 e. The lowest BCUT2D eigenvalue weighted by Gasteiger charge is -1.99. The zero-order valence-electron chi connectivity index (χ0n) is 9.27. The van der Waals surface area contributed by atoms with Crippen molar-refractivity contribution in [2.75, 3.05) is 0 Å². The summed E-state index contributed by atoms with van der Waals surface area (Å²) in [7, 11) is 1.89. The van der Waals surface area contributed by atoms with Gasteiger partial charge in [-0.15, -0.1) is 0 Å². The smallest absolute Gasteiger partial charge is 0.248 e. The molecule has 0 aliphatic heterocycles. The van der Waals surface area contributed by atoms with E-state index in [0.29, 0.717) is 5.56 Å². The molecule has 16 heavy (non-hydrogen) atoms. The van der Waals surface area contributed by atoms with Gasteiger partial charge in [0.25, 0.3) is 0 Å². The Morgan fingerprint density at radius 2 is 2.12 bits per heavy atom. The molecule has 0 bridgehead atoms. The van der Waals surface area contributed by atoms with Crippen LogP contribution in [0.4, 0.5) is 0 Å². The third-order valence-corrected chi connectivity index (χ3v) is 2.56. The second-order valence-electron chi connectivity index (χ2n) is 3.74. The highest BCUT2D eigenvalue weighted by molar-refractivity contribution is 5.93. The monoisotopic (exact) mass is 215 g/mol. The van der Waals surface area contributed by atoms with Crippen molar-refractivity contribution in [1.82, 2.24) is 9.78 Å². The van der Waals surface area contributed by atoms with E-state index < -0.39 is 5.91 Å². The number of amides is 1. The highest BCUT2D eigenvalue weighted by atomic mass is 16.1. The SMILES string of the molecule is Cc1cc(-c2cccc(C(N)=O)c2)nn1C. The summed E-state index contributed by atoms with van der Waals surface area (Å²) >= 11 is 0. The van der Waals surface area contributed by atoms with Gasteiger partial charge in [-0.05, 0) is 25.1 Å². The second kappa shape index (κ2) is 3.81. The Kier molecular flexibility index (Phi) is 2.48. The lowest BCUT2D eigenvalue weighted by molar-refractivity contribution is 0.100. The van der Waals surface area contributed by atoms with E-state index in [1.165, 1.54) is 0 Å². The maximum atomic E-state index is 11.1. The summed E-state index contributed by atoms with van der Waals surface area (Å²) in [5, 5.41) is 4.35. The van der Waals surface area contributed by atoms with Gasteiger partial charge in [-0.1, -0.05) is 12.1 Å². The molecule has 2 rings (SSSR count). The van der Waals surface area contributed by atoms with Crippen LogP contribution in [-0.2, 0) is 7.05 Å². The molecule has 0 aliphatic rings. The van der Waals surface area contributed by atoms with Crippen LogP contribution < -0.4 is 5.73 Å². The van der Waals surface area contributed by atoms with Gasteiger partial charge in [0.05, 0.1) is 5.69 Å². The lowest BCUT2D eigenvalue weighted by Crippen LogP contribution is -2.10. The fraction of sp³-hybridized carbons (Fsp3) is 0.167. The Balaban J connectivity index is 2.48. The first-order chi connectivity index (χ1) is 7.58. The third-order valence-electron chi connectivity index (χ3n) is 2.56. The lowest BCUT2D eigenvalue weighted by atomic mass is 10.1. The number of primary amides is 1. The molecule has 0 fully saturated rings. The summed E-state index contributed by atoms with van der Waals surface area (Å²) < 4.78 is 1.80. The number of nitrogens with zero attached hydrogens (tertiary/aromatic N) is 2. The number of benzene rings is 1. The van der Waals surface area contributed by atoms with Crippen LogP contribution in [0.15, 0.2) is 30.3 Å². The van der Waals surface area contributed by atoms with E-state index in [1.54, 1.807) is 22.9 Å². The van der Waals surface area contributed by atoms with Crippen LogP contribution in [0.1, 0.15) is 16.1 Å². The van der Waals surface area contributed by atoms with Crippen molar-refractivity contribution in [3.05, 3.63) is 41.6 Å². The molecule has 0 aliphatic carbocycles. The standard InChI is InChI=1S/C12H13N3O/c1-8-6-11(14-15(8)2)9-4-3-5-10(7-9)12(13)16/h3-7H,1-2H3,(H2,13,16). The van der Waals surface area contributed by atoms with Gasteiger partial charge >= 0.3 is 0 Å². The van der Waals surface area contributed by atoms with Crippen molar-refractivity contribution >= 4 is 5.91 Å². The number of hydrogen-bond donors (Lipinski definition) is 1. The Morgan fingerprint density at radius 3 is 2.69 bits per heavy atom. The summed E-state index contributed by atoms with van der Waals surface area (Å²) in [6.45, 7) is 1.98. The molecule has 2 aromatic rings. The minimum absolute atomic E-state index is 0.422. The first-order valence-electron chi connectivity index (χ1n) is 4.99. The van der Waals surface area contributed by atoms with Crippen LogP contribution in [0.5, 0.6) is 0 Å². The summed E-state index contributed by atoms with van der Waals surface area (Å²) in [6.07, 6.45) is 0. The van der Waals surface area contributed by atoms with Crippen LogP contribution in [0.3, 0.4) is 0 Å². The molecule has 1 heterocycles. The van der Waals surface area contributed by atoms with Crippen molar-refractivity contribution in [2.24, 2.45) is 12.8 Å². The molecule has 2 N–H and O–H groups in total. The number of nitrogens with two attached hydrogens (primary N) is 1. The number of carbonyl (C=O) groups excluding carboxylic acids is 1. The fourth-order valence-corrected chi connectivity index (χ4v) is 1.53. The van der Waals surface area contributed by atoms with Gasteiger partial charge < -0.3 is 5.73 Å². The van der Waals surface area contributed by atoms with Crippen LogP contribution in [0.25, 0.3) is 11.3 Å². The van der Waals surface area contributed by atoms with E-state index in [2.05, 4.69) is 5.10 Å². The predicted molar refractivity (Wildman–Crippen MR) is 61.9 cm³/mol. The molecule has 0 atom stereocenters. The molecule has 4 heteroatoms. The first-order valence-corrected chi connectivity index (χ1v) is 4.99. The van der Waals surface area contributed by atoms with E-state index in [-0.39, 0.29) is 0 Å². The number of hydrogen-bond acceptors (Lipinski definition) is 2. The summed E-state index contributed by atoms with van der Waals surface area (Å²) in [5.41, 5.74) is 8.55. The molecule has 0 unspecified atom stereocenters. The van der Waals surface area contributed by atoms with Crippen molar-refractivity contribution in [3.63, 3.8) is 0 Å². The maximum Gasteiger partial charge on any atom is 0.248 e. The number of aromatic nitrogens is 2. The Bertz CT molecular complexity index is 523. The predicted octanol–water partition coefficient (Wildman–Crippen LogP) is 1.49. The molecule has 1 aromatic heterocycles. The van der Waals surface area contributed by atoms with Crippen LogP contribution in [-0.4, -0.2) is 15.7 Å². The zero-order chi connectivity index (χ0) is 11.7. The minimum atomic E-state index is -0.422.